The van der Waals surface area contributed by atoms with Crippen LogP contribution in [0.15, 0.2) is 22.9 Å². The second-order valence-corrected chi connectivity index (χ2v) is 3.74. The molecule has 2 N–H and O–H groups in total. The SMILES string of the molecule is CC1=CC2(CCC2)C(C#N)=C1N. The maximum absolute atomic E-state index is 8.93. The zero-order valence-corrected chi connectivity index (χ0v) is 7.22. The fourth-order valence-corrected chi connectivity index (χ4v) is 2.15. The van der Waals surface area contributed by atoms with E-state index in [2.05, 4.69) is 12.1 Å². The van der Waals surface area contributed by atoms with Gasteiger partial charge in [-0.25, -0.2) is 0 Å². The molecule has 0 radical (unpaired) electrons. The summed E-state index contributed by atoms with van der Waals surface area (Å²) in [6.07, 6.45) is 5.61. The van der Waals surface area contributed by atoms with Gasteiger partial charge >= 0.3 is 0 Å². The number of hydrogen-bond acceptors (Lipinski definition) is 2. The van der Waals surface area contributed by atoms with E-state index in [0.717, 1.165) is 29.7 Å². The van der Waals surface area contributed by atoms with Crippen LogP contribution in [-0.4, -0.2) is 0 Å². The fourth-order valence-electron chi connectivity index (χ4n) is 2.15. The van der Waals surface area contributed by atoms with Crippen LogP contribution >= 0.6 is 0 Å². The van der Waals surface area contributed by atoms with Crippen LogP contribution in [0.3, 0.4) is 0 Å². The van der Waals surface area contributed by atoms with Gasteiger partial charge in [-0.2, -0.15) is 5.26 Å². The Kier molecular flexibility index (Phi) is 1.32. The summed E-state index contributed by atoms with van der Waals surface area (Å²) in [4.78, 5) is 0. The van der Waals surface area contributed by atoms with Crippen LogP contribution < -0.4 is 5.73 Å². The Morgan fingerprint density at radius 2 is 2.25 bits per heavy atom. The van der Waals surface area contributed by atoms with Crippen LogP contribution in [-0.2, 0) is 0 Å². The van der Waals surface area contributed by atoms with Crippen molar-refractivity contribution in [2.24, 2.45) is 11.1 Å². The number of rotatable bonds is 0. The molecule has 0 bridgehead atoms. The average Bonchev–Trinajstić information content (AvgIpc) is 2.24. The first-order chi connectivity index (χ1) is 5.69. The van der Waals surface area contributed by atoms with Crippen molar-refractivity contribution in [2.75, 3.05) is 0 Å². The summed E-state index contributed by atoms with van der Waals surface area (Å²) >= 11 is 0. The number of nitriles is 1. The van der Waals surface area contributed by atoms with Gasteiger partial charge in [-0.3, -0.25) is 0 Å². The van der Waals surface area contributed by atoms with E-state index in [1.54, 1.807) is 0 Å². The molecule has 1 spiro atoms. The molecule has 2 rings (SSSR count). The highest BCUT2D eigenvalue weighted by atomic mass is 14.6. The molecule has 1 fully saturated rings. The second kappa shape index (κ2) is 2.13. The highest BCUT2D eigenvalue weighted by Gasteiger charge is 2.43. The largest absolute Gasteiger partial charge is 0.398 e. The molecule has 0 saturated heterocycles. The second-order valence-electron chi connectivity index (χ2n) is 3.74. The maximum atomic E-state index is 8.93. The molecule has 12 heavy (non-hydrogen) atoms. The van der Waals surface area contributed by atoms with Crippen LogP contribution in [0.4, 0.5) is 0 Å². The molecule has 2 aliphatic carbocycles. The lowest BCUT2D eigenvalue weighted by atomic mass is 9.66. The van der Waals surface area contributed by atoms with Gasteiger partial charge < -0.3 is 5.73 Å². The van der Waals surface area contributed by atoms with Gasteiger partial charge in [-0.15, -0.1) is 0 Å². The Labute approximate surface area is 72.4 Å². The van der Waals surface area contributed by atoms with E-state index in [4.69, 9.17) is 11.0 Å². The van der Waals surface area contributed by atoms with Gasteiger partial charge in [0, 0.05) is 11.1 Å². The lowest BCUT2D eigenvalue weighted by molar-refractivity contribution is 0.268. The summed E-state index contributed by atoms with van der Waals surface area (Å²) in [7, 11) is 0. The van der Waals surface area contributed by atoms with Crippen LogP contribution in [0.2, 0.25) is 0 Å². The molecule has 62 valence electrons. The molecule has 2 aliphatic rings. The molecule has 0 unspecified atom stereocenters. The van der Waals surface area contributed by atoms with E-state index >= 15 is 0 Å². The summed E-state index contributed by atoms with van der Waals surface area (Å²) in [5.41, 5.74) is 8.49. The van der Waals surface area contributed by atoms with E-state index in [0.29, 0.717) is 0 Å². The van der Waals surface area contributed by atoms with E-state index in [9.17, 15) is 0 Å². The Hall–Kier alpha value is -1.23. The smallest absolute Gasteiger partial charge is 0.0978 e. The first kappa shape index (κ1) is 7.42. The number of nitrogens with two attached hydrogens (primary N) is 1. The quantitative estimate of drug-likeness (QED) is 0.588. The van der Waals surface area contributed by atoms with Crippen LogP contribution in [0.1, 0.15) is 26.2 Å². The van der Waals surface area contributed by atoms with Gasteiger partial charge in [0.1, 0.15) is 0 Å². The summed E-state index contributed by atoms with van der Waals surface area (Å²) in [5, 5.41) is 8.93. The normalized spacial score (nSPS) is 25.2. The first-order valence-corrected chi connectivity index (χ1v) is 4.30. The van der Waals surface area contributed by atoms with E-state index in [-0.39, 0.29) is 5.41 Å². The van der Waals surface area contributed by atoms with Crippen molar-refractivity contribution in [1.29, 1.82) is 5.26 Å². The molecule has 0 aromatic rings. The lowest BCUT2D eigenvalue weighted by Crippen LogP contribution is -2.27. The minimum atomic E-state index is 0.0584. The molecule has 1 saturated carbocycles. The van der Waals surface area contributed by atoms with Crippen molar-refractivity contribution >= 4 is 0 Å². The molecular weight excluding hydrogens is 148 g/mol. The highest BCUT2D eigenvalue weighted by molar-refractivity contribution is 5.53. The van der Waals surface area contributed by atoms with E-state index in [1.807, 2.05) is 6.92 Å². The average molecular weight is 160 g/mol. The lowest BCUT2D eigenvalue weighted by Gasteiger charge is -2.36. The van der Waals surface area contributed by atoms with Gasteiger partial charge in [-0.1, -0.05) is 12.5 Å². The topological polar surface area (TPSA) is 49.8 Å². The number of nitrogens with zero attached hydrogens (tertiary/aromatic N) is 1. The van der Waals surface area contributed by atoms with Crippen molar-refractivity contribution in [2.45, 2.75) is 26.2 Å². The Bertz CT molecular complexity index is 324. The molecule has 0 aromatic carbocycles. The van der Waals surface area contributed by atoms with Crippen molar-refractivity contribution in [1.82, 2.24) is 0 Å². The Balaban J connectivity index is 2.48. The van der Waals surface area contributed by atoms with Gasteiger partial charge in [0.2, 0.25) is 0 Å². The number of hydrogen-bond donors (Lipinski definition) is 1. The Morgan fingerprint density at radius 3 is 2.58 bits per heavy atom. The predicted octanol–water partition coefficient (Wildman–Crippen LogP) is 1.85. The molecule has 2 nitrogen and oxygen atoms in total. The zero-order valence-electron chi connectivity index (χ0n) is 7.22. The van der Waals surface area contributed by atoms with Crippen molar-refractivity contribution < 1.29 is 0 Å². The van der Waals surface area contributed by atoms with Gasteiger partial charge in [0.25, 0.3) is 0 Å². The summed E-state index contributed by atoms with van der Waals surface area (Å²) in [5.74, 6) is 0. The van der Waals surface area contributed by atoms with Gasteiger partial charge in [0.15, 0.2) is 0 Å². The number of allylic oxidation sites excluding steroid dienone is 3. The molecule has 0 amide bonds. The standard InChI is InChI=1S/C10H12N2/c1-7-5-10(3-2-4-10)8(6-11)9(7)12/h5H,2-4,12H2,1H3. The van der Waals surface area contributed by atoms with Crippen molar-refractivity contribution in [3.8, 4) is 6.07 Å². The fraction of sp³-hybridized carbons (Fsp3) is 0.500. The summed E-state index contributed by atoms with van der Waals surface area (Å²) in [6.45, 7) is 1.99. The minimum Gasteiger partial charge on any atom is -0.398 e. The summed E-state index contributed by atoms with van der Waals surface area (Å²) in [6, 6.07) is 2.24. The highest BCUT2D eigenvalue weighted by Crippen LogP contribution is 2.53. The van der Waals surface area contributed by atoms with Crippen LogP contribution in [0.25, 0.3) is 0 Å². The third-order valence-corrected chi connectivity index (χ3v) is 3.04. The van der Waals surface area contributed by atoms with Gasteiger partial charge in [-0.05, 0) is 25.3 Å². The molecule has 0 aliphatic heterocycles. The maximum Gasteiger partial charge on any atom is 0.0978 e. The van der Waals surface area contributed by atoms with Crippen molar-refractivity contribution in [3.63, 3.8) is 0 Å². The predicted molar refractivity (Wildman–Crippen MR) is 46.9 cm³/mol. The summed E-state index contributed by atoms with van der Waals surface area (Å²) < 4.78 is 0. The first-order valence-electron chi connectivity index (χ1n) is 4.30. The molecule has 0 heterocycles. The van der Waals surface area contributed by atoms with Crippen LogP contribution in [0.5, 0.6) is 0 Å². The van der Waals surface area contributed by atoms with Gasteiger partial charge in [0.05, 0.1) is 11.6 Å². The molecule has 0 aromatic heterocycles. The molecular formula is C10H12N2. The van der Waals surface area contributed by atoms with E-state index in [1.165, 1.54) is 6.42 Å². The van der Waals surface area contributed by atoms with Crippen molar-refractivity contribution in [3.05, 3.63) is 22.9 Å². The molecule has 0 atom stereocenters. The third-order valence-electron chi connectivity index (χ3n) is 3.04. The molecule has 2 heteroatoms. The monoisotopic (exact) mass is 160 g/mol. The zero-order chi connectivity index (χ0) is 8.77. The van der Waals surface area contributed by atoms with Crippen LogP contribution in [0, 0.1) is 16.7 Å². The van der Waals surface area contributed by atoms with E-state index < -0.39 is 0 Å². The third kappa shape index (κ3) is 0.687. The minimum absolute atomic E-state index is 0.0584. The Morgan fingerprint density at radius 1 is 1.58 bits per heavy atom.